The van der Waals surface area contributed by atoms with Crippen molar-refractivity contribution < 1.29 is 0 Å². The van der Waals surface area contributed by atoms with Crippen LogP contribution in [0.4, 0.5) is 0 Å². The van der Waals surface area contributed by atoms with Crippen molar-refractivity contribution in [1.82, 2.24) is 15.6 Å². The molecular formula is C14H25N3S. The summed E-state index contributed by atoms with van der Waals surface area (Å²) in [6.07, 6.45) is 8.28. The fourth-order valence-electron chi connectivity index (χ4n) is 2.94. The number of nitrogens with one attached hydrogen (secondary N) is 2. The Morgan fingerprint density at radius 2 is 2.50 bits per heavy atom. The second-order valence-electron chi connectivity index (χ2n) is 5.38. The highest BCUT2D eigenvalue weighted by atomic mass is 32.1. The monoisotopic (exact) mass is 267 g/mol. The van der Waals surface area contributed by atoms with Gasteiger partial charge in [-0.15, -0.1) is 11.3 Å². The first kappa shape index (κ1) is 14.0. The van der Waals surface area contributed by atoms with Crippen LogP contribution in [0, 0.1) is 5.41 Å². The summed E-state index contributed by atoms with van der Waals surface area (Å²) in [5.74, 6) is 0. The minimum Gasteiger partial charge on any atom is -0.316 e. The van der Waals surface area contributed by atoms with E-state index in [4.69, 9.17) is 0 Å². The van der Waals surface area contributed by atoms with Gasteiger partial charge < -0.3 is 10.6 Å². The molecule has 1 fully saturated rings. The van der Waals surface area contributed by atoms with E-state index < -0.39 is 0 Å². The van der Waals surface area contributed by atoms with E-state index in [-0.39, 0.29) is 0 Å². The first-order valence-corrected chi connectivity index (χ1v) is 8.02. The third-order valence-corrected chi connectivity index (χ3v) is 4.68. The molecule has 18 heavy (non-hydrogen) atoms. The molecule has 1 aliphatic heterocycles. The molecule has 0 aromatic carbocycles. The van der Waals surface area contributed by atoms with Crippen LogP contribution in [0.15, 0.2) is 11.6 Å². The van der Waals surface area contributed by atoms with Crippen molar-refractivity contribution in [3.63, 3.8) is 0 Å². The first-order chi connectivity index (χ1) is 8.85. The summed E-state index contributed by atoms with van der Waals surface area (Å²) in [4.78, 5) is 4.32. The molecule has 1 atom stereocenters. The smallest absolute Gasteiger partial charge is 0.0937 e. The normalized spacial score (nSPS) is 24.3. The summed E-state index contributed by atoms with van der Waals surface area (Å²) in [6, 6.07) is 0. The van der Waals surface area contributed by atoms with Gasteiger partial charge >= 0.3 is 0 Å². The van der Waals surface area contributed by atoms with Crippen LogP contribution in [-0.4, -0.2) is 31.2 Å². The lowest BCUT2D eigenvalue weighted by Gasteiger charge is -2.38. The molecule has 0 saturated carbocycles. The average Bonchev–Trinajstić information content (AvgIpc) is 2.89. The van der Waals surface area contributed by atoms with Gasteiger partial charge in [-0.3, -0.25) is 0 Å². The highest BCUT2D eigenvalue weighted by molar-refractivity contribution is 7.09. The zero-order valence-corrected chi connectivity index (χ0v) is 12.2. The maximum atomic E-state index is 4.32. The molecule has 2 rings (SSSR count). The molecule has 1 aromatic rings. The molecule has 1 saturated heterocycles. The second-order valence-corrected chi connectivity index (χ2v) is 6.36. The summed E-state index contributed by atoms with van der Waals surface area (Å²) in [5.41, 5.74) is 0.496. The predicted molar refractivity (Wildman–Crippen MR) is 78.1 cm³/mol. The number of aromatic nitrogens is 1. The molecule has 102 valence electrons. The van der Waals surface area contributed by atoms with E-state index in [0.717, 1.165) is 19.5 Å². The third-order valence-electron chi connectivity index (χ3n) is 3.84. The molecule has 1 aliphatic rings. The lowest BCUT2D eigenvalue weighted by atomic mass is 9.77. The number of nitrogens with zero attached hydrogens (tertiary/aromatic N) is 1. The Morgan fingerprint density at radius 3 is 3.17 bits per heavy atom. The van der Waals surface area contributed by atoms with Gasteiger partial charge in [-0.2, -0.15) is 0 Å². The van der Waals surface area contributed by atoms with Crippen molar-refractivity contribution >= 4 is 11.3 Å². The summed E-state index contributed by atoms with van der Waals surface area (Å²) >= 11 is 1.75. The van der Waals surface area contributed by atoms with Crippen LogP contribution in [0.3, 0.4) is 0 Å². The van der Waals surface area contributed by atoms with Crippen molar-refractivity contribution in [2.24, 2.45) is 5.41 Å². The van der Waals surface area contributed by atoms with E-state index >= 15 is 0 Å². The molecule has 0 aliphatic carbocycles. The van der Waals surface area contributed by atoms with E-state index in [0.29, 0.717) is 5.41 Å². The molecule has 0 radical (unpaired) electrons. The Labute approximate surface area is 114 Å². The van der Waals surface area contributed by atoms with Crippen LogP contribution in [0.5, 0.6) is 0 Å². The molecule has 1 aromatic heterocycles. The van der Waals surface area contributed by atoms with Crippen LogP contribution in [-0.2, 0) is 6.42 Å². The predicted octanol–water partition coefficient (Wildman–Crippen LogP) is 2.45. The number of rotatable bonds is 7. The van der Waals surface area contributed by atoms with Crippen LogP contribution in [0.1, 0.15) is 37.6 Å². The van der Waals surface area contributed by atoms with E-state index in [9.17, 15) is 0 Å². The van der Waals surface area contributed by atoms with Gasteiger partial charge in [0.25, 0.3) is 0 Å². The van der Waals surface area contributed by atoms with Gasteiger partial charge in [-0.1, -0.05) is 13.3 Å². The molecule has 1 unspecified atom stereocenters. The molecule has 0 spiro atoms. The average molecular weight is 267 g/mol. The number of thiazole rings is 1. The van der Waals surface area contributed by atoms with Crippen LogP contribution >= 0.6 is 11.3 Å². The summed E-state index contributed by atoms with van der Waals surface area (Å²) in [6.45, 7) is 6.89. The van der Waals surface area contributed by atoms with Crippen LogP contribution < -0.4 is 10.6 Å². The summed E-state index contributed by atoms with van der Waals surface area (Å²) in [5, 5.41) is 10.5. The Hall–Kier alpha value is -0.450. The fraction of sp³-hybridized carbons (Fsp3) is 0.786. The Bertz CT molecular complexity index is 312. The van der Waals surface area contributed by atoms with Crippen molar-refractivity contribution in [3.8, 4) is 0 Å². The minimum absolute atomic E-state index is 0.496. The van der Waals surface area contributed by atoms with Gasteiger partial charge in [0.05, 0.1) is 5.01 Å². The molecule has 2 N–H and O–H groups in total. The van der Waals surface area contributed by atoms with Crippen molar-refractivity contribution in [2.45, 2.75) is 39.0 Å². The SMILES string of the molecule is CCCC1(CNCCc2nccs2)CCCNC1. The summed E-state index contributed by atoms with van der Waals surface area (Å²) in [7, 11) is 0. The van der Waals surface area contributed by atoms with Gasteiger partial charge in [0, 0.05) is 37.6 Å². The Kier molecular flexibility index (Phi) is 5.60. The molecule has 0 amide bonds. The Balaban J connectivity index is 1.72. The maximum Gasteiger partial charge on any atom is 0.0937 e. The Morgan fingerprint density at radius 1 is 1.56 bits per heavy atom. The molecular weight excluding hydrogens is 242 g/mol. The molecule has 2 heterocycles. The van der Waals surface area contributed by atoms with Gasteiger partial charge in [-0.25, -0.2) is 4.98 Å². The summed E-state index contributed by atoms with van der Waals surface area (Å²) < 4.78 is 0. The highest BCUT2D eigenvalue weighted by Crippen LogP contribution is 2.30. The van der Waals surface area contributed by atoms with E-state index in [2.05, 4.69) is 27.9 Å². The standard InChI is InChI=1S/C14H25N3S/c1-2-5-14(6-3-7-15-11-14)12-16-8-4-13-17-9-10-18-13/h9-10,15-16H,2-8,11-12H2,1H3. The molecule has 0 bridgehead atoms. The van der Waals surface area contributed by atoms with E-state index in [1.165, 1.54) is 43.8 Å². The van der Waals surface area contributed by atoms with Gasteiger partial charge in [0.2, 0.25) is 0 Å². The molecule has 4 heteroatoms. The molecule has 3 nitrogen and oxygen atoms in total. The minimum atomic E-state index is 0.496. The van der Waals surface area contributed by atoms with Crippen molar-refractivity contribution in [3.05, 3.63) is 16.6 Å². The van der Waals surface area contributed by atoms with Gasteiger partial charge in [0.15, 0.2) is 0 Å². The number of piperidine rings is 1. The number of hydrogen-bond donors (Lipinski definition) is 2. The first-order valence-electron chi connectivity index (χ1n) is 7.14. The van der Waals surface area contributed by atoms with Crippen LogP contribution in [0.2, 0.25) is 0 Å². The zero-order valence-electron chi connectivity index (χ0n) is 11.4. The largest absolute Gasteiger partial charge is 0.316 e. The topological polar surface area (TPSA) is 37.0 Å². The van der Waals surface area contributed by atoms with E-state index in [1.54, 1.807) is 11.3 Å². The quantitative estimate of drug-likeness (QED) is 0.745. The van der Waals surface area contributed by atoms with E-state index in [1.807, 2.05) is 6.20 Å². The van der Waals surface area contributed by atoms with Crippen molar-refractivity contribution in [1.29, 1.82) is 0 Å². The lowest BCUT2D eigenvalue weighted by molar-refractivity contribution is 0.183. The van der Waals surface area contributed by atoms with Crippen LogP contribution in [0.25, 0.3) is 0 Å². The maximum absolute atomic E-state index is 4.32. The third kappa shape index (κ3) is 4.04. The second kappa shape index (κ2) is 7.22. The van der Waals surface area contributed by atoms with Crippen molar-refractivity contribution in [2.75, 3.05) is 26.2 Å². The highest BCUT2D eigenvalue weighted by Gasteiger charge is 2.30. The lowest BCUT2D eigenvalue weighted by Crippen LogP contribution is -2.46. The van der Waals surface area contributed by atoms with Gasteiger partial charge in [-0.05, 0) is 31.2 Å². The zero-order chi connectivity index (χ0) is 12.7. The fourth-order valence-corrected chi connectivity index (χ4v) is 3.56. The van der Waals surface area contributed by atoms with Gasteiger partial charge in [0.1, 0.15) is 0 Å². The number of hydrogen-bond acceptors (Lipinski definition) is 4.